The third kappa shape index (κ3) is 6.88. The van der Waals surface area contributed by atoms with Gasteiger partial charge >= 0.3 is 6.09 Å². The van der Waals surface area contributed by atoms with Gasteiger partial charge in [0.2, 0.25) is 5.91 Å². The number of aliphatic hydroxyl groups excluding tert-OH is 1. The van der Waals surface area contributed by atoms with Crippen molar-refractivity contribution in [3.63, 3.8) is 0 Å². The van der Waals surface area contributed by atoms with Gasteiger partial charge in [-0.15, -0.1) is 0 Å². The van der Waals surface area contributed by atoms with Crippen molar-refractivity contribution in [3.05, 3.63) is 39.8 Å². The molecule has 0 bridgehead atoms. The summed E-state index contributed by atoms with van der Waals surface area (Å²) in [7, 11) is 0. The number of ether oxygens (including phenoxy) is 2. The number of carbonyl (C=O) groups excluding carboxylic acids is 2. The molecule has 10 nitrogen and oxygen atoms in total. The number of hydrogen-bond donors (Lipinski definition) is 3. The summed E-state index contributed by atoms with van der Waals surface area (Å²) in [6, 6.07) is 4.21. The van der Waals surface area contributed by atoms with Gasteiger partial charge in [0, 0.05) is 17.7 Å². The van der Waals surface area contributed by atoms with Gasteiger partial charge in [-0.25, -0.2) is 9.78 Å². The predicted octanol–water partition coefficient (Wildman–Crippen LogP) is 3.66. The molecule has 1 aliphatic rings. The summed E-state index contributed by atoms with van der Waals surface area (Å²) in [5.74, 6) is 0.432. The Balaban J connectivity index is 1.93. The second-order valence-corrected chi connectivity index (χ2v) is 10.1. The van der Waals surface area contributed by atoms with E-state index in [1.807, 2.05) is 20.8 Å². The number of aromatic nitrogens is 2. The second kappa shape index (κ2) is 11.8. The summed E-state index contributed by atoms with van der Waals surface area (Å²) < 4.78 is 11.3. The summed E-state index contributed by atoms with van der Waals surface area (Å²) in [6.07, 6.45) is 0.583. The van der Waals surface area contributed by atoms with E-state index in [0.29, 0.717) is 53.5 Å². The molecule has 0 radical (unpaired) electrons. The van der Waals surface area contributed by atoms with E-state index in [0.717, 1.165) is 6.42 Å². The molecule has 1 fully saturated rings. The molecular formula is C27H38N4O6. The number of aromatic amines is 1. The molecule has 0 saturated carbocycles. The van der Waals surface area contributed by atoms with Crippen LogP contribution >= 0.6 is 0 Å². The van der Waals surface area contributed by atoms with Crippen molar-refractivity contribution in [1.29, 1.82) is 0 Å². The monoisotopic (exact) mass is 514 g/mol. The molecule has 0 spiro atoms. The number of anilines is 1. The molecule has 202 valence electrons. The zero-order valence-corrected chi connectivity index (χ0v) is 22.5. The highest BCUT2D eigenvalue weighted by atomic mass is 16.6. The van der Waals surface area contributed by atoms with E-state index in [9.17, 15) is 19.5 Å². The predicted molar refractivity (Wildman–Crippen MR) is 141 cm³/mol. The maximum atomic E-state index is 13.2. The number of rotatable bonds is 8. The smallest absolute Gasteiger partial charge is 0.411 e. The number of hydrogen-bond acceptors (Lipinski definition) is 7. The van der Waals surface area contributed by atoms with Crippen LogP contribution in [0.4, 0.5) is 10.5 Å². The number of likely N-dealkylation sites (tertiary alicyclic amines) is 1. The Morgan fingerprint density at radius 3 is 2.57 bits per heavy atom. The van der Waals surface area contributed by atoms with Gasteiger partial charge in [-0.3, -0.25) is 14.5 Å². The molecule has 0 aliphatic carbocycles. The lowest BCUT2D eigenvalue weighted by atomic mass is 10.1. The van der Waals surface area contributed by atoms with Crippen molar-refractivity contribution in [1.82, 2.24) is 14.9 Å². The van der Waals surface area contributed by atoms with Crippen molar-refractivity contribution in [2.75, 3.05) is 18.5 Å². The van der Waals surface area contributed by atoms with Gasteiger partial charge < -0.3 is 24.9 Å². The van der Waals surface area contributed by atoms with Crippen LogP contribution in [0.15, 0.2) is 23.0 Å². The Morgan fingerprint density at radius 2 is 1.95 bits per heavy atom. The van der Waals surface area contributed by atoms with Crippen molar-refractivity contribution in [3.8, 4) is 17.1 Å². The fourth-order valence-corrected chi connectivity index (χ4v) is 4.27. The molecule has 3 rings (SSSR count). The Kier molecular flexibility index (Phi) is 8.96. The summed E-state index contributed by atoms with van der Waals surface area (Å²) in [4.78, 5) is 47.4. The fraction of sp³-hybridized carbons (Fsp3) is 0.556. The maximum Gasteiger partial charge on any atom is 0.411 e. The number of nitrogens with one attached hydrogen (secondary N) is 2. The molecule has 2 atom stereocenters. The van der Waals surface area contributed by atoms with Gasteiger partial charge in [-0.05, 0) is 58.2 Å². The fourth-order valence-electron chi connectivity index (χ4n) is 4.27. The number of H-pyrrole nitrogens is 1. The summed E-state index contributed by atoms with van der Waals surface area (Å²) in [5, 5.41) is 13.0. The molecule has 10 heteroatoms. The minimum atomic E-state index is -0.891. The molecule has 1 unspecified atom stereocenters. The summed E-state index contributed by atoms with van der Waals surface area (Å²) >= 11 is 0. The Bertz CT molecular complexity index is 1190. The van der Waals surface area contributed by atoms with E-state index >= 15 is 0 Å². The van der Waals surface area contributed by atoms with Crippen LogP contribution in [-0.2, 0) is 22.4 Å². The third-order valence-corrected chi connectivity index (χ3v) is 5.96. The average molecular weight is 515 g/mol. The summed E-state index contributed by atoms with van der Waals surface area (Å²) in [6.45, 7) is 11.6. The van der Waals surface area contributed by atoms with Crippen molar-refractivity contribution in [2.45, 2.75) is 85.0 Å². The van der Waals surface area contributed by atoms with Gasteiger partial charge in [0.05, 0.1) is 30.5 Å². The first kappa shape index (κ1) is 28.2. The first-order valence-electron chi connectivity index (χ1n) is 12.8. The molecule has 1 aliphatic heterocycles. The average Bonchev–Trinajstić information content (AvgIpc) is 3.23. The molecule has 1 aromatic carbocycles. The van der Waals surface area contributed by atoms with Crippen molar-refractivity contribution >= 4 is 17.7 Å². The number of β-amino-alcohol motifs (C(OH)–C–C–N with tert-alkyl or cyclic N) is 1. The van der Waals surface area contributed by atoms with E-state index in [1.165, 1.54) is 4.90 Å². The number of carbonyl (C=O) groups is 2. The van der Waals surface area contributed by atoms with Gasteiger partial charge in [-0.2, -0.15) is 0 Å². The van der Waals surface area contributed by atoms with Crippen LogP contribution in [0.5, 0.6) is 5.75 Å². The minimum absolute atomic E-state index is 0.0107. The lowest BCUT2D eigenvalue weighted by Gasteiger charge is -2.27. The number of amides is 2. The number of aryl methyl sites for hydroxylation is 1. The first-order chi connectivity index (χ1) is 17.5. The van der Waals surface area contributed by atoms with E-state index in [-0.39, 0.29) is 18.5 Å². The first-order valence-corrected chi connectivity index (χ1v) is 12.8. The van der Waals surface area contributed by atoms with Gasteiger partial charge in [-0.1, -0.05) is 20.8 Å². The van der Waals surface area contributed by atoms with Crippen LogP contribution in [0.25, 0.3) is 11.4 Å². The van der Waals surface area contributed by atoms with E-state index < -0.39 is 29.7 Å². The lowest BCUT2D eigenvalue weighted by molar-refractivity contribution is -0.120. The molecule has 3 N–H and O–H groups in total. The quantitative estimate of drug-likeness (QED) is 0.489. The van der Waals surface area contributed by atoms with E-state index in [1.54, 1.807) is 39.0 Å². The van der Waals surface area contributed by atoms with Crippen LogP contribution in [0.3, 0.4) is 0 Å². The molecule has 2 aromatic rings. The zero-order chi connectivity index (χ0) is 27.3. The minimum Gasteiger partial charge on any atom is -0.493 e. The molecule has 2 amide bonds. The van der Waals surface area contributed by atoms with Crippen LogP contribution < -0.4 is 15.6 Å². The number of nitrogens with zero attached hydrogens (tertiary/aromatic N) is 2. The Labute approximate surface area is 217 Å². The van der Waals surface area contributed by atoms with Crippen molar-refractivity contribution < 1.29 is 24.2 Å². The number of benzene rings is 1. The van der Waals surface area contributed by atoms with Crippen LogP contribution in [0.1, 0.15) is 65.6 Å². The van der Waals surface area contributed by atoms with Crippen LogP contribution in [0, 0.1) is 0 Å². The summed E-state index contributed by atoms with van der Waals surface area (Å²) in [5.41, 5.74) is 1.40. The normalized spacial score (nSPS) is 17.5. The van der Waals surface area contributed by atoms with Gasteiger partial charge in [0.25, 0.3) is 5.56 Å². The van der Waals surface area contributed by atoms with Gasteiger partial charge in [0.15, 0.2) is 0 Å². The standard InChI is InChI=1S/C27H38N4O6/c1-7-12-36-22-11-10-16(13-19(22)23-29-20(9-3)18(8-2)24(33)30-23)28-25(34)21-14-17(32)15-31(21)26(35)37-27(4,5)6/h10-11,13,17,21,32H,7-9,12,14-15H2,1-6H3,(H,28,34)(H,29,30,33)/t17?,21-/m0/s1. The highest BCUT2D eigenvalue weighted by molar-refractivity contribution is 5.97. The number of aliphatic hydroxyl groups is 1. The largest absolute Gasteiger partial charge is 0.493 e. The van der Waals surface area contributed by atoms with E-state index in [2.05, 4.69) is 15.3 Å². The topological polar surface area (TPSA) is 134 Å². The molecule has 2 heterocycles. The zero-order valence-electron chi connectivity index (χ0n) is 22.5. The SMILES string of the molecule is CCCOc1ccc(NC(=O)[C@@H]2CC(O)CN2C(=O)OC(C)(C)C)cc1-c1nc(CC)c(CC)c(=O)[nH]1. The highest BCUT2D eigenvalue weighted by Gasteiger charge is 2.41. The second-order valence-electron chi connectivity index (χ2n) is 10.1. The molecular weight excluding hydrogens is 476 g/mol. The highest BCUT2D eigenvalue weighted by Crippen LogP contribution is 2.32. The van der Waals surface area contributed by atoms with Gasteiger partial charge in [0.1, 0.15) is 23.2 Å². The molecule has 37 heavy (non-hydrogen) atoms. The van der Waals surface area contributed by atoms with Crippen LogP contribution in [-0.4, -0.2) is 62.9 Å². The maximum absolute atomic E-state index is 13.2. The van der Waals surface area contributed by atoms with Crippen LogP contribution in [0.2, 0.25) is 0 Å². The Hall–Kier alpha value is -3.40. The van der Waals surface area contributed by atoms with Crippen molar-refractivity contribution in [2.24, 2.45) is 0 Å². The molecule has 1 aromatic heterocycles. The molecule has 1 saturated heterocycles. The lowest BCUT2D eigenvalue weighted by Crippen LogP contribution is -2.45. The van der Waals surface area contributed by atoms with E-state index in [4.69, 9.17) is 9.47 Å². The Morgan fingerprint density at radius 1 is 1.22 bits per heavy atom. The third-order valence-electron chi connectivity index (χ3n) is 5.96.